The maximum absolute atomic E-state index is 13.3. The van der Waals surface area contributed by atoms with Crippen LogP contribution in [-0.4, -0.2) is 5.97 Å². The van der Waals surface area contributed by atoms with E-state index in [1.807, 2.05) is 54.6 Å². The molecule has 0 saturated heterocycles. The number of rotatable bonds is 19. The van der Waals surface area contributed by atoms with Gasteiger partial charge in [0.1, 0.15) is 0 Å². The number of esters is 1. The van der Waals surface area contributed by atoms with E-state index in [2.05, 4.69) is 50.2 Å². The summed E-state index contributed by atoms with van der Waals surface area (Å²) < 4.78 is 6.48. The van der Waals surface area contributed by atoms with Crippen molar-refractivity contribution in [1.82, 2.24) is 0 Å². The first-order valence-electron chi connectivity index (χ1n) is 15.5. The molecule has 0 aliphatic rings. The van der Waals surface area contributed by atoms with E-state index in [1.165, 1.54) is 70.6 Å². The van der Waals surface area contributed by atoms with Gasteiger partial charge in [-0.05, 0) is 12.3 Å². The molecule has 2 heteroatoms. The fraction of sp³-hybridized carbons (Fsp3) is 0.486. The van der Waals surface area contributed by atoms with Crippen LogP contribution in [0, 0.1) is 5.92 Å². The minimum absolute atomic E-state index is 0.139. The van der Waals surface area contributed by atoms with Gasteiger partial charge in [-0.3, -0.25) is 4.79 Å². The second kappa shape index (κ2) is 17.7. The van der Waals surface area contributed by atoms with Gasteiger partial charge >= 0.3 is 5.97 Å². The first-order chi connectivity index (χ1) is 19.1. The molecule has 0 atom stereocenters. The van der Waals surface area contributed by atoms with Gasteiger partial charge in [-0.2, -0.15) is 0 Å². The van der Waals surface area contributed by atoms with E-state index in [9.17, 15) is 4.79 Å². The number of benzene rings is 3. The van der Waals surface area contributed by atoms with Crippen LogP contribution < -0.4 is 0 Å². The van der Waals surface area contributed by atoms with Gasteiger partial charge in [0.15, 0.2) is 5.60 Å². The van der Waals surface area contributed by atoms with Crippen LogP contribution in [0.1, 0.15) is 120 Å². The third kappa shape index (κ3) is 10.3. The number of hydrogen-bond acceptors (Lipinski definition) is 2. The highest BCUT2D eigenvalue weighted by Crippen LogP contribution is 2.40. The summed E-state index contributed by atoms with van der Waals surface area (Å²) >= 11 is 0. The van der Waals surface area contributed by atoms with E-state index in [1.54, 1.807) is 0 Å². The van der Waals surface area contributed by atoms with E-state index in [4.69, 9.17) is 4.74 Å². The van der Waals surface area contributed by atoms with Crippen molar-refractivity contribution in [1.29, 1.82) is 0 Å². The summed E-state index contributed by atoms with van der Waals surface area (Å²) in [5.74, 6) is 0.710. The van der Waals surface area contributed by atoms with Crippen LogP contribution >= 0.6 is 0 Å². The van der Waals surface area contributed by atoms with Crippen LogP contribution in [0.2, 0.25) is 0 Å². The normalized spacial score (nSPS) is 11.6. The molecule has 0 unspecified atom stereocenters. The molecule has 3 rings (SSSR count). The van der Waals surface area contributed by atoms with Crippen LogP contribution in [-0.2, 0) is 15.1 Å². The summed E-state index contributed by atoms with van der Waals surface area (Å²) in [6, 6.07) is 30.4. The minimum atomic E-state index is -0.963. The molecule has 0 heterocycles. The van der Waals surface area contributed by atoms with Crippen LogP contribution in [0.5, 0.6) is 0 Å². The zero-order valence-corrected chi connectivity index (χ0v) is 24.5. The summed E-state index contributed by atoms with van der Waals surface area (Å²) in [6.45, 7) is 4.64. The standard InChI is InChI=1S/C37H50O2/c1-32(2)24-16-11-9-7-5-3-4-6-8-10-12-23-31-36(38)39-37(33-25-17-13-18-26-33,34-27-19-14-20-28-34)35-29-21-15-22-30-35/h13-15,17-22,25-30,32H,3-12,16,23-24,31H2,1-2H3. The molecule has 0 radical (unpaired) electrons. The van der Waals surface area contributed by atoms with Gasteiger partial charge in [-0.1, -0.05) is 182 Å². The van der Waals surface area contributed by atoms with E-state index < -0.39 is 5.60 Å². The topological polar surface area (TPSA) is 26.3 Å². The quantitative estimate of drug-likeness (QED) is 0.0882. The lowest BCUT2D eigenvalue weighted by Gasteiger charge is -2.35. The highest BCUT2D eigenvalue weighted by Gasteiger charge is 2.40. The molecule has 0 bridgehead atoms. The van der Waals surface area contributed by atoms with Crippen molar-refractivity contribution in [3.8, 4) is 0 Å². The Hall–Kier alpha value is -2.87. The van der Waals surface area contributed by atoms with E-state index in [-0.39, 0.29) is 5.97 Å². The van der Waals surface area contributed by atoms with E-state index in [0.717, 1.165) is 35.4 Å². The molecule has 3 aromatic carbocycles. The molecule has 0 amide bonds. The lowest BCUT2D eigenvalue weighted by atomic mass is 9.80. The van der Waals surface area contributed by atoms with Gasteiger partial charge in [0.05, 0.1) is 0 Å². The Morgan fingerprint density at radius 3 is 1.23 bits per heavy atom. The van der Waals surface area contributed by atoms with Crippen LogP contribution in [0.4, 0.5) is 0 Å². The minimum Gasteiger partial charge on any atom is -0.444 e. The highest BCUT2D eigenvalue weighted by molar-refractivity contribution is 5.71. The summed E-state index contributed by atoms with van der Waals surface area (Å²) in [4.78, 5) is 13.3. The second-order valence-corrected chi connectivity index (χ2v) is 11.4. The van der Waals surface area contributed by atoms with Crippen LogP contribution in [0.15, 0.2) is 91.0 Å². The SMILES string of the molecule is CC(C)CCCCCCCCCCCCCCC(=O)OC(c1ccccc1)(c1ccccc1)c1ccccc1. The Balaban J connectivity index is 1.44. The van der Waals surface area contributed by atoms with Gasteiger partial charge in [0, 0.05) is 23.1 Å². The molecular weight excluding hydrogens is 476 g/mol. The number of carbonyl (C=O) groups excluding carboxylic acids is 1. The summed E-state index contributed by atoms with van der Waals surface area (Å²) in [7, 11) is 0. The fourth-order valence-electron chi connectivity index (χ4n) is 5.51. The van der Waals surface area contributed by atoms with E-state index >= 15 is 0 Å². The van der Waals surface area contributed by atoms with Crippen molar-refractivity contribution in [2.24, 2.45) is 5.92 Å². The first kappa shape index (κ1) is 30.7. The van der Waals surface area contributed by atoms with E-state index in [0.29, 0.717) is 6.42 Å². The average molecular weight is 527 g/mol. The monoisotopic (exact) mass is 526 g/mol. The molecule has 210 valence electrons. The third-order valence-electron chi connectivity index (χ3n) is 7.72. The van der Waals surface area contributed by atoms with Crippen molar-refractivity contribution in [2.45, 2.75) is 109 Å². The van der Waals surface area contributed by atoms with Gasteiger partial charge in [0.2, 0.25) is 0 Å². The third-order valence-corrected chi connectivity index (χ3v) is 7.72. The average Bonchev–Trinajstić information content (AvgIpc) is 2.97. The summed E-state index contributed by atoms with van der Waals surface area (Å²) in [6.07, 6.45) is 17.3. The maximum Gasteiger partial charge on any atom is 0.307 e. The predicted octanol–water partition coefficient (Wildman–Crippen LogP) is 10.6. The fourth-order valence-corrected chi connectivity index (χ4v) is 5.51. The molecular formula is C37H50O2. The van der Waals surface area contributed by atoms with Crippen molar-refractivity contribution in [3.63, 3.8) is 0 Å². The lowest BCUT2D eigenvalue weighted by Crippen LogP contribution is -2.35. The Labute approximate surface area is 238 Å². The molecule has 39 heavy (non-hydrogen) atoms. The highest BCUT2D eigenvalue weighted by atomic mass is 16.6. The summed E-state index contributed by atoms with van der Waals surface area (Å²) in [5, 5.41) is 0. The molecule has 0 spiro atoms. The summed E-state index contributed by atoms with van der Waals surface area (Å²) in [5.41, 5.74) is 1.93. The van der Waals surface area contributed by atoms with Crippen molar-refractivity contribution < 1.29 is 9.53 Å². The number of unbranched alkanes of at least 4 members (excludes halogenated alkanes) is 11. The number of hydrogen-bond donors (Lipinski definition) is 0. The molecule has 0 saturated carbocycles. The molecule has 0 aromatic heterocycles. The Morgan fingerprint density at radius 2 is 0.872 bits per heavy atom. The number of ether oxygens (including phenoxy) is 1. The lowest BCUT2D eigenvalue weighted by molar-refractivity contribution is -0.153. The Kier molecular flexibility index (Phi) is 13.9. The molecule has 0 fully saturated rings. The van der Waals surface area contributed by atoms with Gasteiger partial charge in [-0.15, -0.1) is 0 Å². The molecule has 2 nitrogen and oxygen atoms in total. The van der Waals surface area contributed by atoms with Crippen molar-refractivity contribution in [2.75, 3.05) is 0 Å². The molecule has 0 N–H and O–H groups in total. The van der Waals surface area contributed by atoms with Gasteiger partial charge < -0.3 is 4.74 Å². The maximum atomic E-state index is 13.3. The largest absolute Gasteiger partial charge is 0.444 e. The van der Waals surface area contributed by atoms with Crippen molar-refractivity contribution in [3.05, 3.63) is 108 Å². The van der Waals surface area contributed by atoms with Crippen molar-refractivity contribution >= 4 is 5.97 Å². The van der Waals surface area contributed by atoms with Gasteiger partial charge in [0.25, 0.3) is 0 Å². The zero-order chi connectivity index (χ0) is 27.6. The number of carbonyl (C=O) groups is 1. The Bertz CT molecular complexity index is 930. The molecule has 3 aromatic rings. The second-order valence-electron chi connectivity index (χ2n) is 11.4. The van der Waals surface area contributed by atoms with Gasteiger partial charge in [-0.25, -0.2) is 0 Å². The van der Waals surface area contributed by atoms with Crippen LogP contribution in [0.3, 0.4) is 0 Å². The molecule has 0 aliphatic heterocycles. The Morgan fingerprint density at radius 1 is 0.538 bits per heavy atom. The smallest absolute Gasteiger partial charge is 0.307 e. The van der Waals surface area contributed by atoms with Crippen LogP contribution in [0.25, 0.3) is 0 Å². The zero-order valence-electron chi connectivity index (χ0n) is 24.5. The predicted molar refractivity (Wildman–Crippen MR) is 165 cm³/mol. The molecule has 0 aliphatic carbocycles. The first-order valence-corrected chi connectivity index (χ1v) is 15.5.